The monoisotopic (exact) mass is 295 g/mol. The van der Waals surface area contributed by atoms with Gasteiger partial charge in [-0.05, 0) is 36.1 Å². The second-order valence-corrected chi connectivity index (χ2v) is 7.00. The lowest BCUT2D eigenvalue weighted by atomic mass is 10.2. The fourth-order valence-corrected chi connectivity index (χ4v) is 4.55. The van der Waals surface area contributed by atoms with Crippen molar-refractivity contribution < 1.29 is 13.2 Å². The van der Waals surface area contributed by atoms with Gasteiger partial charge >= 0.3 is 0 Å². The maximum Gasteiger partial charge on any atom is 0.265 e. The summed E-state index contributed by atoms with van der Waals surface area (Å²) in [7, 11) is -3.48. The van der Waals surface area contributed by atoms with Gasteiger partial charge in [-0.1, -0.05) is 6.07 Å². The molecule has 0 aliphatic carbocycles. The quantitative estimate of drug-likeness (QED) is 0.855. The molecule has 100 valence electrons. The minimum Gasteiger partial charge on any atom is -0.489 e. The lowest BCUT2D eigenvalue weighted by molar-refractivity contribution is 0.315. The molecule has 1 aromatic carbocycles. The highest BCUT2D eigenvalue weighted by Gasteiger charge is 2.30. The first kappa shape index (κ1) is 12.5. The summed E-state index contributed by atoms with van der Waals surface area (Å²) in [6.45, 7) is 2.67. The minimum atomic E-state index is -3.48. The Hall–Kier alpha value is -1.53. The molecule has 3 rings (SSSR count). The van der Waals surface area contributed by atoms with Crippen molar-refractivity contribution in [3.8, 4) is 5.75 Å². The molecule has 0 N–H and O–H groups in total. The number of nitrogens with zero attached hydrogens (tertiary/aromatic N) is 1. The van der Waals surface area contributed by atoms with Crippen LogP contribution < -0.4 is 9.04 Å². The van der Waals surface area contributed by atoms with E-state index in [1.54, 1.807) is 22.9 Å². The SMILES string of the molecule is Cc1ccc2c(c1)OCCN2S(=O)(=O)c1ccsc1. The van der Waals surface area contributed by atoms with E-state index in [2.05, 4.69) is 0 Å². The predicted octanol–water partition coefficient (Wildman–Crippen LogP) is 2.64. The van der Waals surface area contributed by atoms with E-state index in [0.717, 1.165) is 5.56 Å². The summed E-state index contributed by atoms with van der Waals surface area (Å²) in [5, 5.41) is 3.42. The number of benzene rings is 1. The van der Waals surface area contributed by atoms with E-state index in [1.807, 2.05) is 19.1 Å². The third-order valence-electron chi connectivity index (χ3n) is 3.02. The van der Waals surface area contributed by atoms with Gasteiger partial charge in [0.1, 0.15) is 12.4 Å². The lowest BCUT2D eigenvalue weighted by Crippen LogP contribution is -2.37. The van der Waals surface area contributed by atoms with Crippen LogP contribution in [-0.2, 0) is 10.0 Å². The Labute approximate surface area is 116 Å². The molecule has 0 saturated heterocycles. The number of aryl methyl sites for hydroxylation is 1. The molecule has 19 heavy (non-hydrogen) atoms. The summed E-state index contributed by atoms with van der Waals surface area (Å²) in [4.78, 5) is 0.339. The van der Waals surface area contributed by atoms with Crippen LogP contribution in [-0.4, -0.2) is 21.6 Å². The van der Waals surface area contributed by atoms with Gasteiger partial charge in [0, 0.05) is 5.38 Å². The Morgan fingerprint density at radius 2 is 2.16 bits per heavy atom. The van der Waals surface area contributed by atoms with Crippen LogP contribution in [0.1, 0.15) is 5.56 Å². The number of ether oxygens (including phenoxy) is 1. The number of anilines is 1. The van der Waals surface area contributed by atoms with Gasteiger partial charge in [0.15, 0.2) is 0 Å². The van der Waals surface area contributed by atoms with E-state index < -0.39 is 10.0 Å². The van der Waals surface area contributed by atoms with E-state index in [9.17, 15) is 8.42 Å². The average Bonchev–Trinajstić information content (AvgIpc) is 2.92. The molecule has 4 nitrogen and oxygen atoms in total. The molecule has 6 heteroatoms. The van der Waals surface area contributed by atoms with Crippen molar-refractivity contribution in [2.24, 2.45) is 0 Å². The normalized spacial score (nSPS) is 14.9. The van der Waals surface area contributed by atoms with E-state index >= 15 is 0 Å². The molecule has 0 amide bonds. The molecule has 0 radical (unpaired) electrons. The van der Waals surface area contributed by atoms with Gasteiger partial charge in [-0.15, -0.1) is 0 Å². The van der Waals surface area contributed by atoms with Gasteiger partial charge in [0.2, 0.25) is 0 Å². The zero-order valence-electron chi connectivity index (χ0n) is 10.4. The van der Waals surface area contributed by atoms with Crippen LogP contribution in [0.3, 0.4) is 0 Å². The van der Waals surface area contributed by atoms with Gasteiger partial charge < -0.3 is 4.74 Å². The van der Waals surface area contributed by atoms with Crippen molar-refractivity contribution in [2.75, 3.05) is 17.5 Å². The highest BCUT2D eigenvalue weighted by atomic mass is 32.2. The maximum atomic E-state index is 12.6. The summed E-state index contributed by atoms with van der Waals surface area (Å²) >= 11 is 1.38. The number of thiophene rings is 1. The Kier molecular flexibility index (Phi) is 2.99. The third-order valence-corrected chi connectivity index (χ3v) is 5.66. The van der Waals surface area contributed by atoms with Crippen LogP contribution in [0.4, 0.5) is 5.69 Å². The summed E-state index contributed by atoms with van der Waals surface area (Å²) in [5.74, 6) is 0.630. The van der Waals surface area contributed by atoms with E-state index in [0.29, 0.717) is 29.5 Å². The third kappa shape index (κ3) is 2.11. The Morgan fingerprint density at radius 3 is 2.89 bits per heavy atom. The van der Waals surface area contributed by atoms with Crippen molar-refractivity contribution in [3.63, 3.8) is 0 Å². The molecule has 1 aromatic heterocycles. The summed E-state index contributed by atoms with van der Waals surface area (Å²) in [6, 6.07) is 7.19. The van der Waals surface area contributed by atoms with Crippen molar-refractivity contribution in [1.29, 1.82) is 0 Å². The maximum absolute atomic E-state index is 12.6. The molecule has 2 aromatic rings. The zero-order chi connectivity index (χ0) is 13.5. The number of fused-ring (bicyclic) bond motifs is 1. The van der Waals surface area contributed by atoms with Gasteiger partial charge in [-0.2, -0.15) is 11.3 Å². The van der Waals surface area contributed by atoms with E-state index in [-0.39, 0.29) is 0 Å². The van der Waals surface area contributed by atoms with Crippen molar-refractivity contribution in [1.82, 2.24) is 0 Å². The molecule has 2 heterocycles. The smallest absolute Gasteiger partial charge is 0.265 e. The van der Waals surface area contributed by atoms with Crippen LogP contribution in [0.15, 0.2) is 39.9 Å². The largest absolute Gasteiger partial charge is 0.489 e. The Bertz CT molecular complexity index is 693. The molecule has 0 unspecified atom stereocenters. The molecular formula is C13H13NO3S2. The average molecular weight is 295 g/mol. The molecular weight excluding hydrogens is 282 g/mol. The van der Waals surface area contributed by atoms with Crippen LogP contribution >= 0.6 is 11.3 Å². The first-order chi connectivity index (χ1) is 9.09. The molecule has 1 aliphatic rings. The summed E-state index contributed by atoms with van der Waals surface area (Å²) in [6.07, 6.45) is 0. The van der Waals surface area contributed by atoms with Crippen LogP contribution in [0.5, 0.6) is 5.75 Å². The van der Waals surface area contributed by atoms with E-state index in [1.165, 1.54) is 15.6 Å². The van der Waals surface area contributed by atoms with Crippen LogP contribution in [0.25, 0.3) is 0 Å². The molecule has 0 fully saturated rings. The molecule has 0 atom stereocenters. The molecule has 0 spiro atoms. The standard InChI is InChI=1S/C13H13NO3S2/c1-10-2-3-12-13(8-10)17-6-5-14(12)19(15,16)11-4-7-18-9-11/h2-4,7-9H,5-6H2,1H3. The second kappa shape index (κ2) is 4.54. The van der Waals surface area contributed by atoms with E-state index in [4.69, 9.17) is 4.74 Å². The highest BCUT2D eigenvalue weighted by molar-refractivity contribution is 7.93. The van der Waals surface area contributed by atoms with Crippen LogP contribution in [0.2, 0.25) is 0 Å². The van der Waals surface area contributed by atoms with Gasteiger partial charge in [-0.25, -0.2) is 8.42 Å². The number of rotatable bonds is 2. The van der Waals surface area contributed by atoms with Crippen molar-refractivity contribution >= 4 is 27.0 Å². The second-order valence-electron chi connectivity index (χ2n) is 4.36. The molecule has 0 bridgehead atoms. The number of hydrogen-bond donors (Lipinski definition) is 0. The first-order valence-electron chi connectivity index (χ1n) is 5.87. The first-order valence-corrected chi connectivity index (χ1v) is 8.26. The Morgan fingerprint density at radius 1 is 1.32 bits per heavy atom. The van der Waals surface area contributed by atoms with Gasteiger partial charge in [0.05, 0.1) is 17.1 Å². The summed E-state index contributed by atoms with van der Waals surface area (Å²) in [5.41, 5.74) is 1.66. The van der Waals surface area contributed by atoms with Gasteiger partial charge in [0.25, 0.3) is 10.0 Å². The van der Waals surface area contributed by atoms with Crippen molar-refractivity contribution in [3.05, 3.63) is 40.6 Å². The predicted molar refractivity (Wildman–Crippen MR) is 75.5 cm³/mol. The van der Waals surface area contributed by atoms with Gasteiger partial charge in [-0.3, -0.25) is 4.31 Å². The number of hydrogen-bond acceptors (Lipinski definition) is 4. The Balaban J connectivity index is 2.10. The van der Waals surface area contributed by atoms with Crippen molar-refractivity contribution in [2.45, 2.75) is 11.8 Å². The fraction of sp³-hybridized carbons (Fsp3) is 0.231. The summed E-state index contributed by atoms with van der Waals surface area (Å²) < 4.78 is 32.1. The lowest BCUT2D eigenvalue weighted by Gasteiger charge is -2.30. The molecule has 0 saturated carbocycles. The molecule has 1 aliphatic heterocycles. The minimum absolute atomic E-state index is 0.339. The zero-order valence-corrected chi connectivity index (χ0v) is 12.0. The fourth-order valence-electron chi connectivity index (χ4n) is 2.08. The van der Waals surface area contributed by atoms with Crippen LogP contribution in [0, 0.1) is 6.92 Å². The highest BCUT2D eigenvalue weighted by Crippen LogP contribution is 2.36. The number of sulfonamides is 1. The topological polar surface area (TPSA) is 46.6 Å².